The first kappa shape index (κ1) is 15.7. The van der Waals surface area contributed by atoms with E-state index in [1.54, 1.807) is 0 Å². The molecule has 1 atom stereocenters. The minimum atomic E-state index is -0.232. The Hall–Kier alpha value is -1.65. The van der Waals surface area contributed by atoms with E-state index in [2.05, 4.69) is 10.1 Å². The number of hydrogen-bond donors (Lipinski definition) is 1. The number of aliphatic hydroxyl groups excluding tert-OH is 1. The summed E-state index contributed by atoms with van der Waals surface area (Å²) in [5.74, 6) is 0.915. The van der Waals surface area contributed by atoms with Crippen LogP contribution in [0.5, 0.6) is 0 Å². The molecule has 2 aromatic rings. The van der Waals surface area contributed by atoms with Crippen LogP contribution in [-0.4, -0.2) is 41.4 Å². The summed E-state index contributed by atoms with van der Waals surface area (Å²) < 4.78 is 5.39. The molecule has 0 spiro atoms. The molecule has 4 nitrogen and oxygen atoms in total. The van der Waals surface area contributed by atoms with E-state index < -0.39 is 0 Å². The van der Waals surface area contributed by atoms with Gasteiger partial charge in [-0.15, -0.1) is 0 Å². The molecule has 2 rings (SSSR count). The summed E-state index contributed by atoms with van der Waals surface area (Å²) >= 11 is 0. The maximum absolute atomic E-state index is 9.60. The Balaban J connectivity index is 1.78. The number of benzene rings is 1. The molecule has 21 heavy (non-hydrogen) atoms. The largest absolute Gasteiger partial charge is 0.392 e. The summed E-state index contributed by atoms with van der Waals surface area (Å²) in [6, 6.07) is 12.1. The van der Waals surface area contributed by atoms with Crippen molar-refractivity contribution in [2.24, 2.45) is 0 Å². The molecule has 1 heterocycles. The van der Waals surface area contributed by atoms with Crippen molar-refractivity contribution in [3.63, 3.8) is 0 Å². The summed E-state index contributed by atoms with van der Waals surface area (Å²) in [6.07, 6.45) is 2.43. The van der Waals surface area contributed by atoms with E-state index in [9.17, 15) is 5.11 Å². The maximum Gasteiger partial charge on any atom is 0.137 e. The maximum atomic E-state index is 9.60. The first-order chi connectivity index (χ1) is 10.2. The Morgan fingerprint density at radius 2 is 2.05 bits per heavy atom. The fraction of sp³-hybridized carbons (Fsp3) is 0.471. The lowest BCUT2D eigenvalue weighted by molar-refractivity contribution is 0.121. The first-order valence-electron chi connectivity index (χ1n) is 7.56. The second-order valence-electron chi connectivity index (χ2n) is 5.47. The molecule has 0 bridgehead atoms. The van der Waals surface area contributed by atoms with Gasteiger partial charge < -0.3 is 14.5 Å². The molecule has 1 N–H and O–H groups in total. The van der Waals surface area contributed by atoms with E-state index >= 15 is 0 Å². The quantitative estimate of drug-likeness (QED) is 0.811. The van der Waals surface area contributed by atoms with Gasteiger partial charge in [0.1, 0.15) is 11.5 Å². The minimum Gasteiger partial charge on any atom is -0.392 e. The van der Waals surface area contributed by atoms with Gasteiger partial charge in [-0.2, -0.15) is 0 Å². The Bertz CT molecular complexity index is 525. The van der Waals surface area contributed by atoms with Crippen molar-refractivity contribution in [3.8, 4) is 11.3 Å². The molecule has 0 radical (unpaired) electrons. The van der Waals surface area contributed by atoms with Crippen molar-refractivity contribution in [2.45, 2.75) is 32.3 Å². The second kappa shape index (κ2) is 7.96. The summed E-state index contributed by atoms with van der Waals surface area (Å²) in [4.78, 5) is 2.16. The standard InChI is InChI=1S/C17H24N2O2/c1-3-15(20)13-19(2)11-7-10-16-12-17(18-21-16)14-8-5-4-6-9-14/h4-6,8-9,12,15,20H,3,7,10-11,13H2,1-2H3. The molecule has 1 aromatic heterocycles. The number of rotatable bonds is 8. The smallest absolute Gasteiger partial charge is 0.137 e. The zero-order chi connectivity index (χ0) is 15.1. The fourth-order valence-corrected chi connectivity index (χ4v) is 2.28. The van der Waals surface area contributed by atoms with Gasteiger partial charge in [-0.1, -0.05) is 42.4 Å². The molecular weight excluding hydrogens is 264 g/mol. The highest BCUT2D eigenvalue weighted by molar-refractivity contribution is 5.58. The number of aliphatic hydroxyl groups is 1. The van der Waals surface area contributed by atoms with Gasteiger partial charge >= 0.3 is 0 Å². The van der Waals surface area contributed by atoms with Crippen LogP contribution >= 0.6 is 0 Å². The van der Waals surface area contributed by atoms with Gasteiger partial charge in [0, 0.05) is 24.6 Å². The van der Waals surface area contributed by atoms with E-state index in [-0.39, 0.29) is 6.10 Å². The van der Waals surface area contributed by atoms with E-state index in [0.717, 1.165) is 49.4 Å². The molecule has 0 saturated heterocycles. The van der Waals surface area contributed by atoms with Crippen molar-refractivity contribution in [1.29, 1.82) is 0 Å². The lowest BCUT2D eigenvalue weighted by Gasteiger charge is -2.19. The molecule has 0 aliphatic heterocycles. The van der Waals surface area contributed by atoms with Crippen LogP contribution in [0.1, 0.15) is 25.5 Å². The number of nitrogens with zero attached hydrogens (tertiary/aromatic N) is 2. The molecule has 0 saturated carbocycles. The third kappa shape index (κ3) is 4.99. The summed E-state index contributed by atoms with van der Waals surface area (Å²) in [7, 11) is 2.04. The van der Waals surface area contributed by atoms with Crippen LogP contribution in [0.2, 0.25) is 0 Å². The molecule has 1 unspecified atom stereocenters. The van der Waals surface area contributed by atoms with E-state index in [0.29, 0.717) is 0 Å². The van der Waals surface area contributed by atoms with Gasteiger partial charge in [-0.05, 0) is 26.4 Å². The third-order valence-electron chi connectivity index (χ3n) is 3.59. The van der Waals surface area contributed by atoms with Gasteiger partial charge in [-0.25, -0.2) is 0 Å². The van der Waals surface area contributed by atoms with E-state index in [4.69, 9.17) is 4.52 Å². The zero-order valence-corrected chi connectivity index (χ0v) is 12.8. The Morgan fingerprint density at radius 1 is 1.29 bits per heavy atom. The molecule has 114 valence electrons. The number of aromatic nitrogens is 1. The van der Waals surface area contributed by atoms with Crippen LogP contribution < -0.4 is 0 Å². The van der Waals surface area contributed by atoms with Crippen molar-refractivity contribution >= 4 is 0 Å². The monoisotopic (exact) mass is 288 g/mol. The van der Waals surface area contributed by atoms with Gasteiger partial charge in [-0.3, -0.25) is 0 Å². The molecule has 0 amide bonds. The summed E-state index contributed by atoms with van der Waals surface area (Å²) in [6.45, 7) is 3.67. The highest BCUT2D eigenvalue weighted by Gasteiger charge is 2.08. The fourth-order valence-electron chi connectivity index (χ4n) is 2.28. The van der Waals surface area contributed by atoms with Crippen LogP contribution in [0.25, 0.3) is 11.3 Å². The van der Waals surface area contributed by atoms with Crippen molar-refractivity contribution in [3.05, 3.63) is 42.2 Å². The van der Waals surface area contributed by atoms with Crippen molar-refractivity contribution in [1.82, 2.24) is 10.1 Å². The topological polar surface area (TPSA) is 49.5 Å². The van der Waals surface area contributed by atoms with Gasteiger partial charge in [0.05, 0.1) is 6.10 Å². The molecule has 0 fully saturated rings. The SMILES string of the molecule is CCC(O)CN(C)CCCc1cc(-c2ccccc2)no1. The van der Waals surface area contributed by atoms with Gasteiger partial charge in [0.2, 0.25) is 0 Å². The van der Waals surface area contributed by atoms with Gasteiger partial charge in [0.25, 0.3) is 0 Å². The van der Waals surface area contributed by atoms with E-state index in [1.165, 1.54) is 0 Å². The normalized spacial score (nSPS) is 12.8. The van der Waals surface area contributed by atoms with Gasteiger partial charge in [0.15, 0.2) is 0 Å². The van der Waals surface area contributed by atoms with Crippen LogP contribution in [0.4, 0.5) is 0 Å². The van der Waals surface area contributed by atoms with Crippen molar-refractivity contribution < 1.29 is 9.63 Å². The van der Waals surface area contributed by atoms with Crippen LogP contribution in [0, 0.1) is 0 Å². The first-order valence-corrected chi connectivity index (χ1v) is 7.56. The molecule has 1 aromatic carbocycles. The summed E-state index contributed by atoms with van der Waals surface area (Å²) in [5.41, 5.74) is 1.97. The second-order valence-corrected chi connectivity index (χ2v) is 5.47. The van der Waals surface area contributed by atoms with Crippen LogP contribution in [-0.2, 0) is 6.42 Å². The predicted molar refractivity (Wildman–Crippen MR) is 84.1 cm³/mol. The highest BCUT2D eigenvalue weighted by atomic mass is 16.5. The average molecular weight is 288 g/mol. The van der Waals surface area contributed by atoms with E-state index in [1.807, 2.05) is 50.4 Å². The number of aryl methyl sites for hydroxylation is 1. The van der Waals surface area contributed by atoms with Crippen molar-refractivity contribution in [2.75, 3.05) is 20.1 Å². The lowest BCUT2D eigenvalue weighted by atomic mass is 10.1. The zero-order valence-electron chi connectivity index (χ0n) is 12.8. The third-order valence-corrected chi connectivity index (χ3v) is 3.59. The Labute approximate surface area is 126 Å². The molecular formula is C17H24N2O2. The van der Waals surface area contributed by atoms with Crippen LogP contribution in [0.15, 0.2) is 40.9 Å². The Kier molecular flexibility index (Phi) is 5.96. The minimum absolute atomic E-state index is 0.232. The molecule has 4 heteroatoms. The van der Waals surface area contributed by atoms with Crippen LogP contribution in [0.3, 0.4) is 0 Å². The summed E-state index contributed by atoms with van der Waals surface area (Å²) in [5, 5.41) is 13.7. The number of likely N-dealkylation sites (N-methyl/N-ethyl adjacent to an activating group) is 1. The predicted octanol–water partition coefficient (Wildman–Crippen LogP) is 2.98. The average Bonchev–Trinajstić information content (AvgIpc) is 2.97. The lowest BCUT2D eigenvalue weighted by Crippen LogP contribution is -2.29. The number of hydrogen-bond acceptors (Lipinski definition) is 4. The highest BCUT2D eigenvalue weighted by Crippen LogP contribution is 2.19. The molecule has 0 aliphatic carbocycles. The molecule has 0 aliphatic rings. The Morgan fingerprint density at radius 3 is 2.76 bits per heavy atom.